The van der Waals surface area contributed by atoms with Crippen molar-refractivity contribution in [3.8, 4) is 11.5 Å². The number of urea groups is 1. The summed E-state index contributed by atoms with van der Waals surface area (Å²) in [5.41, 5.74) is 0.396. The lowest BCUT2D eigenvalue weighted by Crippen LogP contribution is -2.41. The highest BCUT2D eigenvalue weighted by Gasteiger charge is 2.30. The van der Waals surface area contributed by atoms with Crippen LogP contribution in [0.5, 0.6) is 11.5 Å². The zero-order chi connectivity index (χ0) is 28.4. The van der Waals surface area contributed by atoms with Crippen molar-refractivity contribution in [3.05, 3.63) is 88.9 Å². The van der Waals surface area contributed by atoms with Crippen molar-refractivity contribution in [1.29, 1.82) is 0 Å². The van der Waals surface area contributed by atoms with E-state index in [4.69, 9.17) is 16.3 Å². The van der Waals surface area contributed by atoms with Crippen molar-refractivity contribution >= 4 is 23.3 Å². The number of carbonyl (C=O) groups is 1. The van der Waals surface area contributed by atoms with E-state index >= 15 is 0 Å². The molecule has 2 amide bonds. The molecule has 9 heteroatoms. The summed E-state index contributed by atoms with van der Waals surface area (Å²) in [6, 6.07) is 18.5. The smallest absolute Gasteiger partial charge is 0.416 e. The number of benzene rings is 3. The molecule has 1 unspecified atom stereocenters. The number of amides is 2. The van der Waals surface area contributed by atoms with Crippen molar-refractivity contribution < 1.29 is 22.7 Å². The molecule has 0 saturated carbocycles. The number of rotatable bonds is 12. The first kappa shape index (κ1) is 30.3. The molecule has 0 fully saturated rings. The average Bonchev–Trinajstić information content (AvgIpc) is 2.91. The third-order valence-corrected chi connectivity index (χ3v) is 6.80. The lowest BCUT2D eigenvalue weighted by atomic mass is 10.1. The van der Waals surface area contributed by atoms with Crippen LogP contribution in [0.3, 0.4) is 0 Å². The topological polar surface area (TPSA) is 44.8 Å². The first-order valence-electron chi connectivity index (χ1n) is 13.1. The van der Waals surface area contributed by atoms with E-state index < -0.39 is 11.7 Å². The molecule has 0 bridgehead atoms. The SMILES string of the molecule is CCN(CC)CCCC(C)N(Cc1cccc(Oc2ccc(Cl)cc2)c1)C(=O)Nc1ccc(C(F)(F)F)cc1. The van der Waals surface area contributed by atoms with Gasteiger partial charge in [-0.25, -0.2) is 4.79 Å². The number of nitrogens with one attached hydrogen (secondary N) is 1. The summed E-state index contributed by atoms with van der Waals surface area (Å²) < 4.78 is 44.8. The summed E-state index contributed by atoms with van der Waals surface area (Å²) in [5, 5.41) is 3.38. The number of nitrogens with zero attached hydrogens (tertiary/aromatic N) is 2. The predicted octanol–water partition coefficient (Wildman–Crippen LogP) is 8.70. The lowest BCUT2D eigenvalue weighted by molar-refractivity contribution is -0.137. The number of anilines is 1. The van der Waals surface area contributed by atoms with Gasteiger partial charge < -0.3 is 19.9 Å². The van der Waals surface area contributed by atoms with Crippen LogP contribution in [0.2, 0.25) is 5.02 Å². The Morgan fingerprint density at radius 1 is 0.974 bits per heavy atom. The van der Waals surface area contributed by atoms with Gasteiger partial charge in [-0.05, 0) is 106 Å². The second-order valence-corrected chi connectivity index (χ2v) is 9.79. The number of ether oxygens (including phenoxy) is 1. The Kier molecular flexibility index (Phi) is 11.1. The maximum absolute atomic E-state index is 13.4. The van der Waals surface area contributed by atoms with Gasteiger partial charge in [0.15, 0.2) is 0 Å². The first-order valence-corrected chi connectivity index (χ1v) is 13.5. The predicted molar refractivity (Wildman–Crippen MR) is 150 cm³/mol. The monoisotopic (exact) mass is 561 g/mol. The summed E-state index contributed by atoms with van der Waals surface area (Å²) in [5.74, 6) is 1.25. The molecule has 0 aliphatic heterocycles. The molecule has 0 spiro atoms. The van der Waals surface area contributed by atoms with Crippen molar-refractivity contribution in [3.63, 3.8) is 0 Å². The van der Waals surface area contributed by atoms with Crippen molar-refractivity contribution in [2.75, 3.05) is 25.0 Å². The summed E-state index contributed by atoms with van der Waals surface area (Å²) in [4.78, 5) is 17.4. The average molecular weight is 562 g/mol. The van der Waals surface area contributed by atoms with E-state index in [9.17, 15) is 18.0 Å². The van der Waals surface area contributed by atoms with Crippen molar-refractivity contribution in [2.45, 2.75) is 52.4 Å². The van der Waals surface area contributed by atoms with E-state index in [2.05, 4.69) is 24.1 Å². The minimum absolute atomic E-state index is 0.115. The van der Waals surface area contributed by atoms with Gasteiger partial charge in [0.2, 0.25) is 0 Å². The Morgan fingerprint density at radius 2 is 1.64 bits per heavy atom. The molecule has 0 aromatic heterocycles. The summed E-state index contributed by atoms with van der Waals surface area (Å²) in [6.07, 6.45) is -2.75. The molecule has 3 aromatic rings. The van der Waals surface area contributed by atoms with Crippen LogP contribution in [0.1, 0.15) is 44.7 Å². The highest BCUT2D eigenvalue weighted by molar-refractivity contribution is 6.30. The van der Waals surface area contributed by atoms with Crippen LogP contribution in [-0.2, 0) is 12.7 Å². The molecule has 39 heavy (non-hydrogen) atoms. The van der Waals surface area contributed by atoms with Gasteiger partial charge in [-0.2, -0.15) is 13.2 Å². The van der Waals surface area contributed by atoms with Crippen LogP contribution in [0.4, 0.5) is 23.7 Å². The molecule has 0 aliphatic rings. The van der Waals surface area contributed by atoms with Crippen molar-refractivity contribution in [1.82, 2.24) is 9.80 Å². The zero-order valence-corrected chi connectivity index (χ0v) is 23.2. The van der Waals surface area contributed by atoms with Crippen LogP contribution in [-0.4, -0.2) is 41.5 Å². The molecule has 0 heterocycles. The number of alkyl halides is 3. The van der Waals surface area contributed by atoms with Crippen LogP contribution in [0, 0.1) is 0 Å². The molecule has 210 valence electrons. The highest BCUT2D eigenvalue weighted by atomic mass is 35.5. The maximum Gasteiger partial charge on any atom is 0.416 e. The first-order chi connectivity index (χ1) is 18.6. The fourth-order valence-electron chi connectivity index (χ4n) is 4.21. The number of halogens is 4. The molecule has 1 atom stereocenters. The molecule has 5 nitrogen and oxygen atoms in total. The molecule has 0 saturated heterocycles. The fraction of sp³-hybridized carbons (Fsp3) is 0.367. The standard InChI is InChI=1S/C30H35ClF3N3O2/c1-4-36(5-2)19-7-8-22(3)37(29(38)35-26-15-11-24(12-16-26)30(32,33)34)21-23-9-6-10-28(20-23)39-27-17-13-25(31)14-18-27/h6,9-18,20,22H,4-5,7-8,19,21H2,1-3H3,(H,35,38). The van der Waals surface area contributed by atoms with Gasteiger partial charge in [-0.15, -0.1) is 0 Å². The van der Waals surface area contributed by atoms with Gasteiger partial charge in [0.05, 0.1) is 5.56 Å². The minimum Gasteiger partial charge on any atom is -0.457 e. The van der Waals surface area contributed by atoms with E-state index in [0.717, 1.165) is 50.2 Å². The van der Waals surface area contributed by atoms with Crippen LogP contribution < -0.4 is 10.1 Å². The molecule has 0 radical (unpaired) electrons. The van der Waals surface area contributed by atoms with E-state index in [-0.39, 0.29) is 12.1 Å². The Labute approximate surface area is 233 Å². The third kappa shape index (κ3) is 9.48. The van der Waals surface area contributed by atoms with E-state index in [0.29, 0.717) is 28.8 Å². The summed E-state index contributed by atoms with van der Waals surface area (Å²) in [7, 11) is 0. The normalized spacial score (nSPS) is 12.3. The molecule has 3 rings (SSSR count). The van der Waals surface area contributed by atoms with Crippen LogP contribution in [0.15, 0.2) is 72.8 Å². The minimum atomic E-state index is -4.44. The second kappa shape index (κ2) is 14.2. The largest absolute Gasteiger partial charge is 0.457 e. The van der Waals surface area contributed by atoms with Crippen LogP contribution in [0.25, 0.3) is 0 Å². The van der Waals surface area contributed by atoms with Gasteiger partial charge in [0, 0.05) is 23.3 Å². The van der Waals surface area contributed by atoms with E-state index in [1.165, 1.54) is 12.1 Å². The Bertz CT molecular complexity index is 1180. The van der Waals surface area contributed by atoms with E-state index in [1.807, 2.05) is 31.2 Å². The number of carbonyl (C=O) groups excluding carboxylic acids is 1. The Morgan fingerprint density at radius 3 is 2.26 bits per heavy atom. The molecule has 0 aliphatic carbocycles. The van der Waals surface area contributed by atoms with Gasteiger partial charge in [0.1, 0.15) is 11.5 Å². The lowest BCUT2D eigenvalue weighted by Gasteiger charge is -2.30. The Balaban J connectivity index is 1.75. The molecular weight excluding hydrogens is 527 g/mol. The highest BCUT2D eigenvalue weighted by Crippen LogP contribution is 2.30. The molecule has 1 N–H and O–H groups in total. The number of hydrogen-bond acceptors (Lipinski definition) is 3. The van der Waals surface area contributed by atoms with Gasteiger partial charge in [-0.1, -0.05) is 37.6 Å². The molecule has 3 aromatic carbocycles. The van der Waals surface area contributed by atoms with Gasteiger partial charge >= 0.3 is 12.2 Å². The quantitative estimate of drug-likeness (QED) is 0.240. The molecular formula is C30H35ClF3N3O2. The van der Waals surface area contributed by atoms with Crippen LogP contribution >= 0.6 is 11.6 Å². The Hall–Kier alpha value is -3.23. The maximum atomic E-state index is 13.4. The van der Waals surface area contributed by atoms with Gasteiger partial charge in [0.25, 0.3) is 0 Å². The fourth-order valence-corrected chi connectivity index (χ4v) is 4.34. The third-order valence-electron chi connectivity index (χ3n) is 6.55. The summed E-state index contributed by atoms with van der Waals surface area (Å²) >= 11 is 5.96. The number of hydrogen-bond donors (Lipinski definition) is 1. The zero-order valence-electron chi connectivity index (χ0n) is 22.5. The van der Waals surface area contributed by atoms with E-state index in [1.54, 1.807) is 29.2 Å². The van der Waals surface area contributed by atoms with Crippen molar-refractivity contribution in [2.24, 2.45) is 0 Å². The summed E-state index contributed by atoms with van der Waals surface area (Å²) in [6.45, 7) is 9.38. The van der Waals surface area contributed by atoms with Gasteiger partial charge in [-0.3, -0.25) is 0 Å². The second-order valence-electron chi connectivity index (χ2n) is 9.35.